The van der Waals surface area contributed by atoms with Gasteiger partial charge in [-0.3, -0.25) is 4.79 Å². The third-order valence-corrected chi connectivity index (χ3v) is 4.91. The minimum absolute atomic E-state index is 0.353. The van der Waals surface area contributed by atoms with E-state index in [0.717, 1.165) is 32.4 Å². The molecular formula is C16H32N2O. The summed E-state index contributed by atoms with van der Waals surface area (Å²) in [6.07, 6.45) is 4.13. The molecule has 1 amide bonds. The van der Waals surface area contributed by atoms with Gasteiger partial charge in [-0.1, -0.05) is 34.1 Å². The third-order valence-electron chi connectivity index (χ3n) is 4.91. The van der Waals surface area contributed by atoms with Gasteiger partial charge in [0, 0.05) is 25.6 Å². The van der Waals surface area contributed by atoms with Gasteiger partial charge in [-0.25, -0.2) is 0 Å². The van der Waals surface area contributed by atoms with E-state index in [1.165, 1.54) is 6.42 Å². The van der Waals surface area contributed by atoms with E-state index in [4.69, 9.17) is 0 Å². The maximum absolute atomic E-state index is 12.2. The molecule has 1 aliphatic rings. The molecule has 3 heteroatoms. The molecular weight excluding hydrogens is 236 g/mol. The highest BCUT2D eigenvalue weighted by Crippen LogP contribution is 2.25. The topological polar surface area (TPSA) is 32.3 Å². The van der Waals surface area contributed by atoms with E-state index in [1.54, 1.807) is 0 Å². The van der Waals surface area contributed by atoms with Crippen molar-refractivity contribution in [2.24, 2.45) is 17.8 Å². The first-order valence-electron chi connectivity index (χ1n) is 7.94. The van der Waals surface area contributed by atoms with Crippen LogP contribution >= 0.6 is 0 Å². The predicted molar refractivity (Wildman–Crippen MR) is 81.1 cm³/mol. The van der Waals surface area contributed by atoms with Crippen molar-refractivity contribution in [3.8, 4) is 0 Å². The first-order chi connectivity index (χ1) is 8.99. The fourth-order valence-corrected chi connectivity index (χ4v) is 3.00. The van der Waals surface area contributed by atoms with E-state index in [0.29, 0.717) is 29.7 Å². The molecule has 0 bridgehead atoms. The quantitative estimate of drug-likeness (QED) is 0.803. The van der Waals surface area contributed by atoms with E-state index in [9.17, 15) is 4.79 Å². The Morgan fingerprint density at radius 3 is 2.53 bits per heavy atom. The summed E-state index contributed by atoms with van der Waals surface area (Å²) in [4.78, 5) is 14.3. The zero-order valence-electron chi connectivity index (χ0n) is 13.4. The van der Waals surface area contributed by atoms with Gasteiger partial charge in [-0.2, -0.15) is 0 Å². The molecule has 1 N–H and O–H groups in total. The minimum Gasteiger partial charge on any atom is -0.341 e. The lowest BCUT2D eigenvalue weighted by molar-refractivity contribution is -0.131. The van der Waals surface area contributed by atoms with Crippen molar-refractivity contribution >= 4 is 5.91 Å². The fraction of sp³-hybridized carbons (Fsp3) is 0.938. The molecule has 0 aliphatic carbocycles. The Morgan fingerprint density at radius 2 is 2.00 bits per heavy atom. The van der Waals surface area contributed by atoms with Gasteiger partial charge in [0.05, 0.1) is 0 Å². The Bertz CT molecular complexity index is 278. The van der Waals surface area contributed by atoms with E-state index in [-0.39, 0.29) is 0 Å². The van der Waals surface area contributed by atoms with Gasteiger partial charge in [0.2, 0.25) is 5.91 Å². The van der Waals surface area contributed by atoms with E-state index in [1.807, 2.05) is 7.05 Å². The number of nitrogens with zero attached hydrogens (tertiary/aromatic N) is 1. The molecule has 3 atom stereocenters. The molecule has 1 rings (SSSR count). The molecule has 0 radical (unpaired) electrons. The summed E-state index contributed by atoms with van der Waals surface area (Å²) < 4.78 is 0. The van der Waals surface area contributed by atoms with Crippen LogP contribution < -0.4 is 5.32 Å². The van der Waals surface area contributed by atoms with Gasteiger partial charge in [0.1, 0.15) is 0 Å². The average Bonchev–Trinajstić information content (AvgIpc) is 2.57. The van der Waals surface area contributed by atoms with Gasteiger partial charge >= 0.3 is 0 Å². The van der Waals surface area contributed by atoms with Crippen LogP contribution in [0.1, 0.15) is 53.4 Å². The Balaban J connectivity index is 2.59. The average molecular weight is 268 g/mol. The number of likely N-dealkylation sites (tertiary alicyclic amines) is 1. The molecule has 1 heterocycles. The van der Waals surface area contributed by atoms with Crippen molar-refractivity contribution in [2.45, 2.75) is 59.4 Å². The molecule has 0 spiro atoms. The van der Waals surface area contributed by atoms with Crippen LogP contribution in [0.3, 0.4) is 0 Å². The third kappa shape index (κ3) is 4.79. The van der Waals surface area contributed by atoms with Crippen molar-refractivity contribution in [1.29, 1.82) is 0 Å². The number of carbonyl (C=O) groups excluding carboxylic acids is 1. The number of nitrogens with one attached hydrogen (secondary N) is 1. The molecule has 0 aromatic heterocycles. The largest absolute Gasteiger partial charge is 0.341 e. The van der Waals surface area contributed by atoms with Crippen molar-refractivity contribution < 1.29 is 4.79 Å². The monoisotopic (exact) mass is 268 g/mol. The lowest BCUT2D eigenvalue weighted by Crippen LogP contribution is -2.45. The standard InChI is InChI=1S/C16H32N2O/c1-6-13(4)15(17-5)11-18-10-9-14(12(2)3)7-8-16(18)19/h12-15,17H,6-11H2,1-5H3. The second-order valence-electron chi connectivity index (χ2n) is 6.45. The molecule has 1 aliphatic heterocycles. The molecule has 0 saturated carbocycles. The summed E-state index contributed by atoms with van der Waals surface area (Å²) in [6.45, 7) is 10.8. The molecule has 3 unspecified atom stereocenters. The summed E-state index contributed by atoms with van der Waals surface area (Å²) in [5.74, 6) is 2.38. The Labute approximate surface area is 119 Å². The van der Waals surface area contributed by atoms with Gasteiger partial charge in [-0.15, -0.1) is 0 Å². The zero-order chi connectivity index (χ0) is 14.4. The van der Waals surface area contributed by atoms with Crippen LogP contribution in [0.2, 0.25) is 0 Å². The first kappa shape index (κ1) is 16.5. The van der Waals surface area contributed by atoms with Crippen LogP contribution in [0, 0.1) is 17.8 Å². The van der Waals surface area contributed by atoms with Crippen LogP contribution in [0.25, 0.3) is 0 Å². The molecule has 0 aromatic rings. The van der Waals surface area contributed by atoms with Crippen LogP contribution in [-0.2, 0) is 4.79 Å². The SMILES string of the molecule is CCC(C)C(CN1CCC(C(C)C)CCC1=O)NC. The summed E-state index contributed by atoms with van der Waals surface area (Å²) in [7, 11) is 2.01. The Hall–Kier alpha value is -0.570. The molecule has 1 saturated heterocycles. The predicted octanol–water partition coefficient (Wildman–Crippen LogP) is 2.91. The molecule has 0 aromatic carbocycles. The summed E-state index contributed by atoms with van der Waals surface area (Å²) in [6, 6.07) is 0.421. The fourth-order valence-electron chi connectivity index (χ4n) is 3.00. The maximum Gasteiger partial charge on any atom is 0.222 e. The smallest absolute Gasteiger partial charge is 0.222 e. The van der Waals surface area contributed by atoms with Gasteiger partial charge < -0.3 is 10.2 Å². The second-order valence-corrected chi connectivity index (χ2v) is 6.45. The summed E-state index contributed by atoms with van der Waals surface area (Å²) >= 11 is 0. The highest BCUT2D eigenvalue weighted by molar-refractivity contribution is 5.76. The van der Waals surface area contributed by atoms with Gasteiger partial charge in [-0.05, 0) is 37.6 Å². The van der Waals surface area contributed by atoms with E-state index in [2.05, 4.69) is 37.9 Å². The molecule has 1 fully saturated rings. The number of hydrogen-bond acceptors (Lipinski definition) is 2. The van der Waals surface area contributed by atoms with Crippen molar-refractivity contribution in [2.75, 3.05) is 20.1 Å². The number of hydrogen-bond donors (Lipinski definition) is 1. The normalized spacial score (nSPS) is 24.4. The van der Waals surface area contributed by atoms with Crippen LogP contribution in [0.15, 0.2) is 0 Å². The molecule has 3 nitrogen and oxygen atoms in total. The number of carbonyl (C=O) groups is 1. The first-order valence-corrected chi connectivity index (χ1v) is 7.94. The van der Waals surface area contributed by atoms with Gasteiger partial charge in [0.25, 0.3) is 0 Å². The van der Waals surface area contributed by atoms with Crippen LogP contribution in [0.5, 0.6) is 0 Å². The highest BCUT2D eigenvalue weighted by Gasteiger charge is 2.26. The lowest BCUT2D eigenvalue weighted by Gasteiger charge is -2.30. The van der Waals surface area contributed by atoms with Crippen LogP contribution in [0.4, 0.5) is 0 Å². The van der Waals surface area contributed by atoms with Crippen molar-refractivity contribution in [3.05, 3.63) is 0 Å². The minimum atomic E-state index is 0.353. The Kier molecular flexibility index (Phi) is 6.84. The van der Waals surface area contributed by atoms with E-state index < -0.39 is 0 Å². The number of amides is 1. The maximum atomic E-state index is 12.2. The number of rotatable bonds is 6. The Morgan fingerprint density at radius 1 is 1.32 bits per heavy atom. The summed E-state index contributed by atoms with van der Waals surface area (Å²) in [5, 5.41) is 3.38. The van der Waals surface area contributed by atoms with Crippen LogP contribution in [-0.4, -0.2) is 37.0 Å². The number of likely N-dealkylation sites (N-methyl/N-ethyl adjacent to an activating group) is 1. The second kappa shape index (κ2) is 7.88. The highest BCUT2D eigenvalue weighted by atomic mass is 16.2. The van der Waals surface area contributed by atoms with E-state index >= 15 is 0 Å². The zero-order valence-corrected chi connectivity index (χ0v) is 13.4. The summed E-state index contributed by atoms with van der Waals surface area (Å²) in [5.41, 5.74) is 0. The molecule has 112 valence electrons. The van der Waals surface area contributed by atoms with Crippen molar-refractivity contribution in [1.82, 2.24) is 10.2 Å². The van der Waals surface area contributed by atoms with Crippen molar-refractivity contribution in [3.63, 3.8) is 0 Å². The van der Waals surface area contributed by atoms with Gasteiger partial charge in [0.15, 0.2) is 0 Å². The lowest BCUT2D eigenvalue weighted by atomic mass is 9.89. The molecule has 19 heavy (non-hydrogen) atoms.